The Morgan fingerprint density at radius 2 is 1.60 bits per heavy atom. The molecule has 0 aliphatic heterocycles. The van der Waals surface area contributed by atoms with E-state index in [9.17, 15) is 4.79 Å². The Balaban J connectivity index is 4.31. The quantitative estimate of drug-likeness (QED) is 0.766. The minimum atomic E-state index is 0.0523. The third-order valence-electron chi connectivity index (χ3n) is 2.56. The Kier molecular flexibility index (Phi) is 4.82. The summed E-state index contributed by atoms with van der Waals surface area (Å²) in [6.07, 6.45) is 0.902. The van der Waals surface area contributed by atoms with Crippen LogP contribution in [0.3, 0.4) is 0 Å². The van der Waals surface area contributed by atoms with E-state index in [-0.39, 0.29) is 22.7 Å². The van der Waals surface area contributed by atoms with Crippen LogP contribution >= 0.6 is 0 Å². The van der Waals surface area contributed by atoms with Crippen LogP contribution in [-0.4, -0.2) is 12.5 Å². The lowest BCUT2D eigenvalue weighted by Crippen LogP contribution is -2.41. The van der Waals surface area contributed by atoms with Crippen molar-refractivity contribution < 1.29 is 4.79 Å². The molecule has 1 N–H and O–H groups in total. The van der Waals surface area contributed by atoms with Gasteiger partial charge in [-0.1, -0.05) is 48.5 Å². The Morgan fingerprint density at radius 1 is 1.13 bits per heavy atom. The molecule has 1 unspecified atom stereocenters. The van der Waals surface area contributed by atoms with Gasteiger partial charge in [0.1, 0.15) is 0 Å². The van der Waals surface area contributed by atoms with Crippen molar-refractivity contribution in [1.82, 2.24) is 5.32 Å². The average molecular weight is 213 g/mol. The van der Waals surface area contributed by atoms with E-state index in [4.69, 9.17) is 0 Å². The zero-order chi connectivity index (χ0) is 12.3. The first kappa shape index (κ1) is 14.5. The molecule has 0 fully saturated rings. The molecule has 0 aliphatic carbocycles. The Labute approximate surface area is 94.8 Å². The highest BCUT2D eigenvalue weighted by Gasteiger charge is 2.29. The number of hydrogen-bond donors (Lipinski definition) is 1. The van der Waals surface area contributed by atoms with Gasteiger partial charge in [-0.15, -0.1) is 0 Å². The number of carbonyl (C=O) groups excluding carboxylic acids is 1. The van der Waals surface area contributed by atoms with Crippen molar-refractivity contribution in [2.45, 2.75) is 54.9 Å². The van der Waals surface area contributed by atoms with Gasteiger partial charge < -0.3 is 5.32 Å². The predicted molar refractivity (Wildman–Crippen MR) is 65.7 cm³/mol. The molecule has 0 aromatic rings. The number of rotatable bonds is 3. The van der Waals surface area contributed by atoms with Crippen molar-refractivity contribution in [1.29, 1.82) is 0 Å². The Hall–Kier alpha value is -0.530. The average Bonchev–Trinajstić information content (AvgIpc) is 1.98. The van der Waals surface area contributed by atoms with E-state index in [1.54, 1.807) is 0 Å². The molecular formula is C13H27NO. The van der Waals surface area contributed by atoms with Crippen molar-refractivity contribution >= 4 is 5.91 Å². The molecular weight excluding hydrogens is 186 g/mol. The summed E-state index contributed by atoms with van der Waals surface area (Å²) >= 11 is 0. The molecule has 2 nitrogen and oxygen atoms in total. The van der Waals surface area contributed by atoms with Crippen molar-refractivity contribution in [3.63, 3.8) is 0 Å². The molecule has 0 saturated carbocycles. The molecule has 0 heterocycles. The number of hydrogen-bond acceptors (Lipinski definition) is 1. The summed E-state index contributed by atoms with van der Waals surface area (Å²) in [6.45, 7) is 15.6. The van der Waals surface area contributed by atoms with Crippen LogP contribution in [0.25, 0.3) is 0 Å². The summed E-state index contributed by atoms with van der Waals surface area (Å²) in [7, 11) is 0. The maximum absolute atomic E-state index is 12.0. The lowest BCUT2D eigenvalue weighted by atomic mass is 9.78. The first-order valence-electron chi connectivity index (χ1n) is 5.85. The van der Waals surface area contributed by atoms with E-state index in [1.807, 2.05) is 0 Å². The normalized spacial score (nSPS) is 14.9. The van der Waals surface area contributed by atoms with Crippen LogP contribution < -0.4 is 5.32 Å². The van der Waals surface area contributed by atoms with E-state index < -0.39 is 0 Å². The van der Waals surface area contributed by atoms with Crippen LogP contribution in [0.15, 0.2) is 0 Å². The second kappa shape index (κ2) is 5.00. The smallest absolute Gasteiger partial charge is 0.223 e. The number of nitrogens with one attached hydrogen (secondary N) is 1. The van der Waals surface area contributed by atoms with Crippen LogP contribution in [0.1, 0.15) is 54.9 Å². The molecule has 0 saturated heterocycles. The molecule has 0 bridgehead atoms. The minimum absolute atomic E-state index is 0.0523. The van der Waals surface area contributed by atoms with Gasteiger partial charge in [-0.2, -0.15) is 0 Å². The van der Waals surface area contributed by atoms with E-state index in [2.05, 4.69) is 53.8 Å². The molecule has 0 spiro atoms. The van der Waals surface area contributed by atoms with Gasteiger partial charge in [0.15, 0.2) is 0 Å². The molecule has 0 rings (SSSR count). The number of carbonyl (C=O) groups is 1. The summed E-state index contributed by atoms with van der Waals surface area (Å²) in [5.41, 5.74) is 0.211. The van der Waals surface area contributed by atoms with Crippen LogP contribution in [0, 0.1) is 16.7 Å². The molecule has 2 heteroatoms. The van der Waals surface area contributed by atoms with E-state index in [0.717, 1.165) is 13.0 Å². The highest BCUT2D eigenvalue weighted by Crippen LogP contribution is 2.28. The third kappa shape index (κ3) is 5.81. The lowest BCUT2D eigenvalue weighted by molar-refractivity contribution is -0.128. The van der Waals surface area contributed by atoms with Gasteiger partial charge in [-0.3, -0.25) is 4.79 Å². The third-order valence-corrected chi connectivity index (χ3v) is 2.56. The molecule has 1 amide bonds. The van der Waals surface area contributed by atoms with Gasteiger partial charge in [-0.25, -0.2) is 0 Å². The number of amides is 1. The first-order valence-corrected chi connectivity index (χ1v) is 5.85. The van der Waals surface area contributed by atoms with Crippen LogP contribution in [-0.2, 0) is 4.79 Å². The molecule has 90 valence electrons. The van der Waals surface area contributed by atoms with Crippen molar-refractivity contribution in [3.8, 4) is 0 Å². The Morgan fingerprint density at radius 3 is 1.87 bits per heavy atom. The lowest BCUT2D eigenvalue weighted by Gasteiger charge is -2.30. The second-order valence-corrected chi connectivity index (χ2v) is 6.61. The SMILES string of the molecule is CCC(C(=O)NCC(C)(C)C)C(C)(C)C. The molecule has 0 aromatic heterocycles. The van der Waals surface area contributed by atoms with Gasteiger partial charge in [0.25, 0.3) is 0 Å². The fourth-order valence-corrected chi connectivity index (χ4v) is 1.67. The molecule has 0 aliphatic rings. The molecule has 15 heavy (non-hydrogen) atoms. The van der Waals surface area contributed by atoms with Gasteiger partial charge >= 0.3 is 0 Å². The van der Waals surface area contributed by atoms with Crippen LogP contribution in [0.4, 0.5) is 0 Å². The maximum atomic E-state index is 12.0. The molecule has 1 atom stereocenters. The van der Waals surface area contributed by atoms with Crippen LogP contribution in [0.5, 0.6) is 0 Å². The topological polar surface area (TPSA) is 29.1 Å². The van der Waals surface area contributed by atoms with Gasteiger partial charge in [0.05, 0.1) is 0 Å². The van der Waals surface area contributed by atoms with Gasteiger partial charge in [0, 0.05) is 12.5 Å². The zero-order valence-electron chi connectivity index (χ0n) is 11.4. The van der Waals surface area contributed by atoms with Crippen molar-refractivity contribution in [2.24, 2.45) is 16.7 Å². The molecule has 0 radical (unpaired) electrons. The summed E-state index contributed by atoms with van der Waals surface area (Å²) in [4.78, 5) is 12.0. The summed E-state index contributed by atoms with van der Waals surface area (Å²) in [5, 5.41) is 3.04. The van der Waals surface area contributed by atoms with E-state index in [0.29, 0.717) is 0 Å². The summed E-state index contributed by atoms with van der Waals surface area (Å²) in [6, 6.07) is 0. The highest BCUT2D eigenvalue weighted by atomic mass is 16.1. The molecule has 0 aromatic carbocycles. The summed E-state index contributed by atoms with van der Waals surface area (Å²) in [5.74, 6) is 0.305. The first-order chi connectivity index (χ1) is 6.58. The van der Waals surface area contributed by atoms with Gasteiger partial charge in [-0.05, 0) is 17.3 Å². The second-order valence-electron chi connectivity index (χ2n) is 6.61. The zero-order valence-corrected chi connectivity index (χ0v) is 11.4. The van der Waals surface area contributed by atoms with E-state index in [1.165, 1.54) is 0 Å². The summed E-state index contributed by atoms with van der Waals surface area (Å²) < 4.78 is 0. The maximum Gasteiger partial charge on any atom is 0.223 e. The minimum Gasteiger partial charge on any atom is -0.355 e. The highest BCUT2D eigenvalue weighted by molar-refractivity contribution is 5.79. The van der Waals surface area contributed by atoms with Crippen molar-refractivity contribution in [2.75, 3.05) is 6.54 Å². The predicted octanol–water partition coefficient (Wildman–Crippen LogP) is 3.22. The van der Waals surface area contributed by atoms with Gasteiger partial charge in [0.2, 0.25) is 5.91 Å². The Bertz CT molecular complexity index is 208. The van der Waals surface area contributed by atoms with Crippen LogP contribution in [0.2, 0.25) is 0 Å². The van der Waals surface area contributed by atoms with Crippen molar-refractivity contribution in [3.05, 3.63) is 0 Å². The largest absolute Gasteiger partial charge is 0.355 e. The fourth-order valence-electron chi connectivity index (χ4n) is 1.67. The standard InChI is InChI=1S/C13H27NO/c1-8-10(13(5,6)7)11(15)14-9-12(2,3)4/h10H,8-9H2,1-7H3,(H,14,15). The monoisotopic (exact) mass is 213 g/mol. The fraction of sp³-hybridized carbons (Fsp3) is 0.923. The van der Waals surface area contributed by atoms with E-state index >= 15 is 0 Å².